The Bertz CT molecular complexity index is 152. The Morgan fingerprint density at radius 2 is 1.79 bits per heavy atom. The molecule has 0 aromatic heterocycles. The Labute approximate surface area is 88.1 Å². The molecule has 84 valence electrons. The van der Waals surface area contributed by atoms with Gasteiger partial charge in [-0.1, -0.05) is 12.8 Å². The molecule has 1 fully saturated rings. The third-order valence-corrected chi connectivity index (χ3v) is 3.26. The van der Waals surface area contributed by atoms with Gasteiger partial charge in [-0.25, -0.2) is 0 Å². The van der Waals surface area contributed by atoms with Crippen LogP contribution in [-0.4, -0.2) is 23.8 Å². The van der Waals surface area contributed by atoms with E-state index < -0.39 is 0 Å². The first-order valence-corrected chi connectivity index (χ1v) is 6.02. The van der Waals surface area contributed by atoms with Gasteiger partial charge in [-0.15, -0.1) is 0 Å². The molecule has 1 rings (SSSR count). The van der Waals surface area contributed by atoms with Crippen molar-refractivity contribution >= 4 is 0 Å². The van der Waals surface area contributed by atoms with Crippen LogP contribution in [-0.2, 0) is 0 Å². The smallest absolute Gasteiger partial charge is 0.0431 e. The molecule has 0 saturated heterocycles. The fraction of sp³-hybridized carbons (Fsp3) is 1.00. The van der Waals surface area contributed by atoms with Crippen LogP contribution in [0.2, 0.25) is 0 Å². The minimum Gasteiger partial charge on any atom is -0.396 e. The second kappa shape index (κ2) is 5.72. The molecule has 0 amide bonds. The van der Waals surface area contributed by atoms with Crippen LogP contribution in [0, 0.1) is 5.92 Å². The minimum absolute atomic E-state index is 0.348. The Morgan fingerprint density at radius 3 is 2.36 bits per heavy atom. The fourth-order valence-electron chi connectivity index (χ4n) is 1.95. The quantitative estimate of drug-likeness (QED) is 0.588. The molecule has 2 N–H and O–H groups in total. The molecule has 14 heavy (non-hydrogen) atoms. The lowest BCUT2D eigenvalue weighted by Gasteiger charge is -2.26. The molecular weight excluding hydrogens is 174 g/mol. The molecule has 1 aliphatic carbocycles. The van der Waals surface area contributed by atoms with Gasteiger partial charge in [-0.05, 0) is 52.0 Å². The molecule has 2 heteroatoms. The third kappa shape index (κ3) is 4.43. The van der Waals surface area contributed by atoms with Crippen LogP contribution in [0.3, 0.4) is 0 Å². The first-order chi connectivity index (χ1) is 6.67. The van der Waals surface area contributed by atoms with E-state index in [0.717, 1.165) is 18.9 Å². The molecule has 2 nitrogen and oxygen atoms in total. The standard InChI is InChI=1S/C12H25NO/c1-12(2,11-7-8-11)13-9-5-3-4-6-10-14/h11,13-14H,3-10H2,1-2H3. The van der Waals surface area contributed by atoms with Crippen molar-refractivity contribution in [2.45, 2.75) is 57.9 Å². The topological polar surface area (TPSA) is 32.3 Å². The lowest BCUT2D eigenvalue weighted by atomic mass is 9.98. The van der Waals surface area contributed by atoms with Gasteiger partial charge >= 0.3 is 0 Å². The monoisotopic (exact) mass is 199 g/mol. The molecular formula is C12H25NO. The Morgan fingerprint density at radius 1 is 1.14 bits per heavy atom. The summed E-state index contributed by atoms with van der Waals surface area (Å²) in [6.07, 6.45) is 7.44. The average molecular weight is 199 g/mol. The molecule has 0 bridgehead atoms. The number of hydrogen-bond donors (Lipinski definition) is 2. The maximum Gasteiger partial charge on any atom is 0.0431 e. The van der Waals surface area contributed by atoms with E-state index in [2.05, 4.69) is 19.2 Å². The van der Waals surface area contributed by atoms with Crippen molar-refractivity contribution in [3.63, 3.8) is 0 Å². The summed E-state index contributed by atoms with van der Waals surface area (Å²) in [6, 6.07) is 0. The van der Waals surface area contributed by atoms with Gasteiger partial charge in [0.15, 0.2) is 0 Å². The van der Waals surface area contributed by atoms with Crippen LogP contribution < -0.4 is 5.32 Å². The van der Waals surface area contributed by atoms with Crippen LogP contribution in [0.25, 0.3) is 0 Å². The van der Waals surface area contributed by atoms with Gasteiger partial charge in [-0.3, -0.25) is 0 Å². The second-order valence-electron chi connectivity index (χ2n) is 5.06. The van der Waals surface area contributed by atoms with Crippen molar-refractivity contribution in [3.05, 3.63) is 0 Å². The normalized spacial score (nSPS) is 17.4. The van der Waals surface area contributed by atoms with Crippen molar-refractivity contribution in [1.29, 1.82) is 0 Å². The van der Waals surface area contributed by atoms with Crippen molar-refractivity contribution < 1.29 is 5.11 Å². The van der Waals surface area contributed by atoms with E-state index in [1.807, 2.05) is 0 Å². The van der Waals surface area contributed by atoms with Gasteiger partial charge in [0.25, 0.3) is 0 Å². The van der Waals surface area contributed by atoms with Crippen LogP contribution >= 0.6 is 0 Å². The van der Waals surface area contributed by atoms with Gasteiger partial charge in [-0.2, -0.15) is 0 Å². The summed E-state index contributed by atoms with van der Waals surface area (Å²) in [4.78, 5) is 0. The highest BCUT2D eigenvalue weighted by molar-refractivity contribution is 4.94. The summed E-state index contributed by atoms with van der Waals surface area (Å²) < 4.78 is 0. The Hall–Kier alpha value is -0.0800. The van der Waals surface area contributed by atoms with E-state index in [1.54, 1.807) is 0 Å². The highest BCUT2D eigenvalue weighted by Gasteiger charge is 2.36. The highest BCUT2D eigenvalue weighted by atomic mass is 16.2. The van der Waals surface area contributed by atoms with Crippen molar-refractivity contribution in [2.75, 3.05) is 13.2 Å². The van der Waals surface area contributed by atoms with E-state index in [-0.39, 0.29) is 0 Å². The maximum atomic E-state index is 8.62. The summed E-state index contributed by atoms with van der Waals surface area (Å²) >= 11 is 0. The molecule has 0 heterocycles. The van der Waals surface area contributed by atoms with Crippen LogP contribution in [0.1, 0.15) is 52.4 Å². The summed E-state index contributed by atoms with van der Waals surface area (Å²) in [6.45, 7) is 6.12. The van der Waals surface area contributed by atoms with E-state index in [9.17, 15) is 0 Å². The number of aliphatic hydroxyl groups is 1. The molecule has 0 aromatic carbocycles. The average Bonchev–Trinajstić information content (AvgIpc) is 2.94. The number of aliphatic hydroxyl groups excluding tert-OH is 1. The Kier molecular flexibility index (Phi) is 4.90. The molecule has 0 spiro atoms. The molecule has 0 atom stereocenters. The van der Waals surface area contributed by atoms with E-state index in [0.29, 0.717) is 12.1 Å². The maximum absolute atomic E-state index is 8.62. The number of unbranched alkanes of at least 4 members (excludes halogenated alkanes) is 3. The van der Waals surface area contributed by atoms with Crippen molar-refractivity contribution in [1.82, 2.24) is 5.32 Å². The van der Waals surface area contributed by atoms with Gasteiger partial charge in [0, 0.05) is 12.1 Å². The molecule has 0 aromatic rings. The number of hydrogen-bond acceptors (Lipinski definition) is 2. The second-order valence-corrected chi connectivity index (χ2v) is 5.06. The van der Waals surface area contributed by atoms with Gasteiger partial charge < -0.3 is 10.4 Å². The highest BCUT2D eigenvalue weighted by Crippen LogP contribution is 2.39. The largest absolute Gasteiger partial charge is 0.396 e. The molecule has 1 aliphatic rings. The van der Waals surface area contributed by atoms with Crippen LogP contribution in [0.15, 0.2) is 0 Å². The lowest BCUT2D eigenvalue weighted by Crippen LogP contribution is -2.41. The number of nitrogens with one attached hydrogen (secondary N) is 1. The zero-order chi connectivity index (χ0) is 10.4. The summed E-state index contributed by atoms with van der Waals surface area (Å²) in [5.41, 5.74) is 0.358. The summed E-state index contributed by atoms with van der Waals surface area (Å²) in [5.74, 6) is 0.917. The predicted molar refractivity (Wildman–Crippen MR) is 60.4 cm³/mol. The predicted octanol–water partition coefficient (Wildman–Crippen LogP) is 2.32. The van der Waals surface area contributed by atoms with Crippen LogP contribution in [0.4, 0.5) is 0 Å². The molecule has 0 unspecified atom stereocenters. The third-order valence-electron chi connectivity index (χ3n) is 3.26. The van der Waals surface area contributed by atoms with Crippen molar-refractivity contribution in [3.8, 4) is 0 Å². The zero-order valence-corrected chi connectivity index (χ0v) is 9.68. The van der Waals surface area contributed by atoms with Gasteiger partial charge in [0.2, 0.25) is 0 Å². The van der Waals surface area contributed by atoms with Gasteiger partial charge in [0.1, 0.15) is 0 Å². The molecule has 0 radical (unpaired) electrons. The minimum atomic E-state index is 0.348. The first-order valence-electron chi connectivity index (χ1n) is 6.02. The molecule has 1 saturated carbocycles. The van der Waals surface area contributed by atoms with E-state index in [4.69, 9.17) is 5.11 Å². The first kappa shape index (κ1) is 12.0. The van der Waals surface area contributed by atoms with E-state index >= 15 is 0 Å². The zero-order valence-electron chi connectivity index (χ0n) is 9.68. The fourth-order valence-corrected chi connectivity index (χ4v) is 1.95. The van der Waals surface area contributed by atoms with Gasteiger partial charge in [0.05, 0.1) is 0 Å². The lowest BCUT2D eigenvalue weighted by molar-refractivity contribution is 0.281. The SMILES string of the molecule is CC(C)(NCCCCCCO)C1CC1. The van der Waals surface area contributed by atoms with Crippen LogP contribution in [0.5, 0.6) is 0 Å². The van der Waals surface area contributed by atoms with E-state index in [1.165, 1.54) is 32.1 Å². The molecule has 0 aliphatic heterocycles. The van der Waals surface area contributed by atoms with Crippen molar-refractivity contribution in [2.24, 2.45) is 5.92 Å². The summed E-state index contributed by atoms with van der Waals surface area (Å²) in [7, 11) is 0. The number of rotatable bonds is 8. The summed E-state index contributed by atoms with van der Waals surface area (Å²) in [5, 5.41) is 12.3. The Balaban J connectivity index is 1.92.